The SMILES string of the molecule is NNc1ncc(Cl)c(NCC(=O)N2CCCCC2)n1. The highest BCUT2D eigenvalue weighted by molar-refractivity contribution is 6.32. The predicted octanol–water partition coefficient (Wildman–Crippen LogP) is 0.840. The van der Waals surface area contributed by atoms with E-state index in [0.717, 1.165) is 25.9 Å². The molecular weight excluding hydrogens is 268 g/mol. The van der Waals surface area contributed by atoms with Gasteiger partial charge in [-0.3, -0.25) is 10.2 Å². The number of likely N-dealkylation sites (tertiary alicyclic amines) is 1. The topological polar surface area (TPSA) is 96.2 Å². The van der Waals surface area contributed by atoms with Gasteiger partial charge in [-0.25, -0.2) is 10.8 Å². The van der Waals surface area contributed by atoms with Gasteiger partial charge in [0.25, 0.3) is 0 Å². The summed E-state index contributed by atoms with van der Waals surface area (Å²) in [7, 11) is 0. The number of hydrazine groups is 1. The zero-order chi connectivity index (χ0) is 13.7. The van der Waals surface area contributed by atoms with Crippen LogP contribution in [0.3, 0.4) is 0 Å². The van der Waals surface area contributed by atoms with Gasteiger partial charge >= 0.3 is 0 Å². The van der Waals surface area contributed by atoms with Crippen LogP contribution in [-0.2, 0) is 4.79 Å². The number of halogens is 1. The molecule has 2 heterocycles. The molecule has 0 aromatic carbocycles. The lowest BCUT2D eigenvalue weighted by atomic mass is 10.1. The summed E-state index contributed by atoms with van der Waals surface area (Å²) in [4.78, 5) is 21.7. The fourth-order valence-corrected chi connectivity index (χ4v) is 2.13. The van der Waals surface area contributed by atoms with Crippen molar-refractivity contribution < 1.29 is 4.79 Å². The van der Waals surface area contributed by atoms with Crippen molar-refractivity contribution in [1.29, 1.82) is 0 Å². The van der Waals surface area contributed by atoms with E-state index >= 15 is 0 Å². The van der Waals surface area contributed by atoms with Crippen molar-refractivity contribution >= 4 is 29.3 Å². The van der Waals surface area contributed by atoms with Crippen LogP contribution in [0, 0.1) is 0 Å². The first kappa shape index (κ1) is 13.8. The van der Waals surface area contributed by atoms with Crippen LogP contribution in [-0.4, -0.2) is 40.4 Å². The van der Waals surface area contributed by atoms with Crippen molar-refractivity contribution in [3.8, 4) is 0 Å². The molecular formula is C11H17ClN6O. The Bertz CT molecular complexity index is 449. The molecule has 0 unspecified atom stereocenters. The highest BCUT2D eigenvalue weighted by Gasteiger charge is 2.16. The van der Waals surface area contributed by atoms with E-state index in [1.54, 1.807) is 0 Å². The summed E-state index contributed by atoms with van der Waals surface area (Å²) >= 11 is 5.94. The lowest BCUT2D eigenvalue weighted by molar-refractivity contribution is -0.130. The molecule has 0 atom stereocenters. The number of amides is 1. The number of anilines is 2. The van der Waals surface area contributed by atoms with Gasteiger partial charge in [0, 0.05) is 13.1 Å². The number of nitrogens with zero attached hydrogens (tertiary/aromatic N) is 3. The first-order valence-electron chi connectivity index (χ1n) is 6.21. The Morgan fingerprint density at radius 1 is 1.42 bits per heavy atom. The molecule has 1 saturated heterocycles. The number of carbonyl (C=O) groups excluding carboxylic acids is 1. The number of hydrogen-bond donors (Lipinski definition) is 3. The van der Waals surface area contributed by atoms with Gasteiger partial charge in [0.05, 0.1) is 12.7 Å². The van der Waals surface area contributed by atoms with Gasteiger partial charge in [0.15, 0.2) is 5.82 Å². The second-order valence-electron chi connectivity index (χ2n) is 4.33. The maximum absolute atomic E-state index is 12.0. The van der Waals surface area contributed by atoms with Crippen LogP contribution in [0.15, 0.2) is 6.20 Å². The Balaban J connectivity index is 1.92. The van der Waals surface area contributed by atoms with E-state index in [9.17, 15) is 4.79 Å². The Hall–Kier alpha value is -1.60. The summed E-state index contributed by atoms with van der Waals surface area (Å²) in [6.07, 6.45) is 4.76. The second kappa shape index (κ2) is 6.53. The Morgan fingerprint density at radius 3 is 2.84 bits per heavy atom. The molecule has 7 nitrogen and oxygen atoms in total. The van der Waals surface area contributed by atoms with Gasteiger partial charge in [0.2, 0.25) is 11.9 Å². The highest BCUT2D eigenvalue weighted by Crippen LogP contribution is 2.19. The Kier molecular flexibility index (Phi) is 4.75. The van der Waals surface area contributed by atoms with Crippen LogP contribution in [0.25, 0.3) is 0 Å². The van der Waals surface area contributed by atoms with E-state index in [0.29, 0.717) is 10.8 Å². The highest BCUT2D eigenvalue weighted by atomic mass is 35.5. The zero-order valence-electron chi connectivity index (χ0n) is 10.5. The smallest absolute Gasteiger partial charge is 0.241 e. The minimum Gasteiger partial charge on any atom is -0.360 e. The van der Waals surface area contributed by atoms with Gasteiger partial charge < -0.3 is 10.2 Å². The van der Waals surface area contributed by atoms with Crippen LogP contribution in [0.4, 0.5) is 11.8 Å². The van der Waals surface area contributed by atoms with Crippen LogP contribution >= 0.6 is 11.6 Å². The number of nitrogen functional groups attached to an aromatic ring is 1. The molecule has 1 aliphatic heterocycles. The molecule has 0 spiro atoms. The molecule has 8 heteroatoms. The maximum atomic E-state index is 12.0. The first-order chi connectivity index (χ1) is 9.20. The maximum Gasteiger partial charge on any atom is 0.241 e. The molecule has 0 aliphatic carbocycles. The molecule has 19 heavy (non-hydrogen) atoms. The third-order valence-electron chi connectivity index (χ3n) is 2.99. The molecule has 104 valence electrons. The summed E-state index contributed by atoms with van der Waals surface area (Å²) in [5, 5.41) is 3.27. The number of hydrogen-bond acceptors (Lipinski definition) is 6. The minimum absolute atomic E-state index is 0.0524. The average molecular weight is 285 g/mol. The Labute approximate surface area is 116 Å². The van der Waals surface area contributed by atoms with Gasteiger partial charge in [-0.05, 0) is 19.3 Å². The largest absolute Gasteiger partial charge is 0.360 e. The van der Waals surface area contributed by atoms with E-state index in [1.807, 2.05) is 4.90 Å². The van der Waals surface area contributed by atoms with E-state index in [-0.39, 0.29) is 18.4 Å². The van der Waals surface area contributed by atoms with E-state index < -0.39 is 0 Å². The fourth-order valence-electron chi connectivity index (χ4n) is 1.98. The number of aromatic nitrogens is 2. The second-order valence-corrected chi connectivity index (χ2v) is 4.74. The molecule has 0 saturated carbocycles. The van der Waals surface area contributed by atoms with Crippen molar-refractivity contribution in [3.05, 3.63) is 11.2 Å². The normalized spacial score (nSPS) is 15.2. The van der Waals surface area contributed by atoms with E-state index in [2.05, 4.69) is 20.7 Å². The minimum atomic E-state index is 0.0524. The van der Waals surface area contributed by atoms with Crippen molar-refractivity contribution in [2.45, 2.75) is 19.3 Å². The van der Waals surface area contributed by atoms with Crippen LogP contribution in [0.2, 0.25) is 5.02 Å². The Morgan fingerprint density at radius 2 is 2.16 bits per heavy atom. The molecule has 1 aliphatic rings. The third-order valence-corrected chi connectivity index (χ3v) is 3.27. The summed E-state index contributed by atoms with van der Waals surface area (Å²) in [5.41, 5.74) is 2.33. The molecule has 4 N–H and O–H groups in total. The number of piperidine rings is 1. The van der Waals surface area contributed by atoms with Gasteiger partial charge in [-0.15, -0.1) is 0 Å². The van der Waals surface area contributed by atoms with Gasteiger partial charge in [0.1, 0.15) is 5.02 Å². The number of carbonyl (C=O) groups is 1. The predicted molar refractivity (Wildman–Crippen MR) is 73.8 cm³/mol. The standard InChI is InChI=1S/C11H17ClN6O/c12-8-6-15-11(17-13)16-10(8)14-7-9(19)18-4-2-1-3-5-18/h6H,1-5,7,13H2,(H2,14,15,16,17). The summed E-state index contributed by atoms with van der Waals surface area (Å²) in [6, 6.07) is 0. The fraction of sp³-hybridized carbons (Fsp3) is 0.545. The van der Waals surface area contributed by atoms with Gasteiger partial charge in [-0.1, -0.05) is 11.6 Å². The summed E-state index contributed by atoms with van der Waals surface area (Å²) in [5.74, 6) is 5.92. The lowest BCUT2D eigenvalue weighted by Crippen LogP contribution is -2.39. The van der Waals surface area contributed by atoms with Crippen molar-refractivity contribution in [1.82, 2.24) is 14.9 Å². The molecule has 1 amide bonds. The number of nitrogens with two attached hydrogens (primary N) is 1. The molecule has 2 rings (SSSR count). The molecule has 1 fully saturated rings. The van der Waals surface area contributed by atoms with E-state index in [4.69, 9.17) is 17.4 Å². The molecule has 0 radical (unpaired) electrons. The van der Waals surface area contributed by atoms with Gasteiger partial charge in [-0.2, -0.15) is 4.98 Å². The average Bonchev–Trinajstić information content (AvgIpc) is 2.47. The lowest BCUT2D eigenvalue weighted by Gasteiger charge is -2.26. The monoisotopic (exact) mass is 284 g/mol. The van der Waals surface area contributed by atoms with Crippen LogP contribution in [0.5, 0.6) is 0 Å². The van der Waals surface area contributed by atoms with Crippen LogP contribution < -0.4 is 16.6 Å². The molecule has 1 aromatic rings. The summed E-state index contributed by atoms with van der Waals surface area (Å²) in [6.45, 7) is 1.82. The van der Waals surface area contributed by atoms with Crippen molar-refractivity contribution in [2.24, 2.45) is 5.84 Å². The summed E-state index contributed by atoms with van der Waals surface area (Å²) < 4.78 is 0. The zero-order valence-corrected chi connectivity index (χ0v) is 11.3. The van der Waals surface area contributed by atoms with E-state index in [1.165, 1.54) is 12.6 Å². The third kappa shape index (κ3) is 3.68. The van der Waals surface area contributed by atoms with Crippen molar-refractivity contribution in [2.75, 3.05) is 30.4 Å². The number of rotatable bonds is 4. The quantitative estimate of drug-likeness (QED) is 0.560. The molecule has 0 bridgehead atoms. The first-order valence-corrected chi connectivity index (χ1v) is 6.59. The number of nitrogens with one attached hydrogen (secondary N) is 2. The van der Waals surface area contributed by atoms with Crippen molar-refractivity contribution in [3.63, 3.8) is 0 Å². The molecule has 1 aromatic heterocycles. The van der Waals surface area contributed by atoms with Crippen LogP contribution in [0.1, 0.15) is 19.3 Å².